The van der Waals surface area contributed by atoms with Crippen molar-refractivity contribution in [3.8, 4) is 17.2 Å². The van der Waals surface area contributed by atoms with Crippen molar-refractivity contribution >= 4 is 7.32 Å². The van der Waals surface area contributed by atoms with E-state index >= 15 is 0 Å². The Hall–Kier alpha value is -4.44. The van der Waals surface area contributed by atoms with Crippen LogP contribution in [-0.4, -0.2) is 12.3 Å². The highest BCUT2D eigenvalue weighted by Crippen LogP contribution is 2.35. The molecule has 4 nitrogen and oxygen atoms in total. The predicted molar refractivity (Wildman–Crippen MR) is 121 cm³/mol. The lowest BCUT2D eigenvalue weighted by Gasteiger charge is -2.20. The molecule has 1 heterocycles. The van der Waals surface area contributed by atoms with Crippen LogP contribution in [0.15, 0.2) is 24.5 Å². The molecule has 0 radical (unpaired) electrons. The third kappa shape index (κ3) is 5.94. The molecule has 0 bridgehead atoms. The van der Waals surface area contributed by atoms with E-state index in [1.165, 1.54) is 0 Å². The molecule has 0 saturated heterocycles. The summed E-state index contributed by atoms with van der Waals surface area (Å²) in [7, 11) is -3.39. The van der Waals surface area contributed by atoms with Crippen molar-refractivity contribution in [1.29, 1.82) is 0 Å². The highest BCUT2D eigenvalue weighted by molar-refractivity contribution is 6.39. The second-order valence-electron chi connectivity index (χ2n) is 8.16. The third-order valence-electron chi connectivity index (χ3n) is 5.47. The van der Waals surface area contributed by atoms with Crippen LogP contribution < -0.4 is 14.0 Å². The van der Waals surface area contributed by atoms with Gasteiger partial charge in [-0.3, -0.25) is 0 Å². The van der Waals surface area contributed by atoms with Crippen molar-refractivity contribution in [2.24, 2.45) is 0 Å². The highest BCUT2D eigenvalue weighted by atomic mass is 19.2. The van der Waals surface area contributed by atoms with Gasteiger partial charge >= 0.3 is 7.32 Å². The lowest BCUT2D eigenvalue weighted by Crippen LogP contribution is -2.39. The molecule has 1 N–H and O–H groups in total. The number of benzene rings is 3. The Morgan fingerprint density at radius 1 is 0.405 bits per heavy atom. The zero-order chi connectivity index (χ0) is 31.6. The second-order valence-corrected chi connectivity index (χ2v) is 8.16. The molecule has 0 aliphatic rings. The van der Waals surface area contributed by atoms with Crippen LogP contribution in [0.5, 0.6) is 17.2 Å². The van der Waals surface area contributed by atoms with Crippen molar-refractivity contribution < 1.29 is 66.6 Å². The van der Waals surface area contributed by atoms with Crippen molar-refractivity contribution in [2.45, 2.75) is 20.8 Å². The summed E-state index contributed by atoms with van der Waals surface area (Å²) in [6.45, 7) is 1.74. The summed E-state index contributed by atoms with van der Waals surface area (Å²) in [5.74, 6) is -32.9. The lowest BCUT2D eigenvalue weighted by atomic mass is 10.1. The Labute approximate surface area is 228 Å². The lowest BCUT2D eigenvalue weighted by molar-refractivity contribution is 0.254. The van der Waals surface area contributed by atoms with Crippen molar-refractivity contribution in [3.05, 3.63) is 111 Å². The molecule has 17 heteroatoms. The molecule has 3 aromatic carbocycles. The number of nitrogens with one attached hydrogen (secondary N) is 1. The van der Waals surface area contributed by atoms with Crippen molar-refractivity contribution in [1.82, 2.24) is 4.98 Å². The maximum atomic E-state index is 14.3. The number of hydrogen-bond acceptors (Lipinski definition) is 3. The molecular weight excluding hydrogens is 601 g/mol. The first kappa shape index (κ1) is 32.1. The van der Waals surface area contributed by atoms with Crippen LogP contribution in [0.1, 0.15) is 16.7 Å². The van der Waals surface area contributed by atoms with Crippen LogP contribution in [0.2, 0.25) is 0 Å². The zero-order valence-corrected chi connectivity index (χ0v) is 21.1. The van der Waals surface area contributed by atoms with Gasteiger partial charge in [0.05, 0.1) is 0 Å². The Kier molecular flexibility index (Phi) is 9.63. The first-order valence-corrected chi connectivity index (χ1v) is 11.2. The van der Waals surface area contributed by atoms with Crippen molar-refractivity contribution in [2.75, 3.05) is 0 Å². The van der Waals surface area contributed by atoms with Gasteiger partial charge in [-0.25, -0.2) is 26.3 Å². The quantitative estimate of drug-likeness (QED) is 0.137. The SMILES string of the molecule is Cc1c(F)c(F)c(OB(Oc2c(F)c(F)c(C)c(F)c2F)Oc2c(F)c(F)c(C)c(F)c2F)c(F)c1F.c1cc[nH]c1. The van der Waals surface area contributed by atoms with E-state index in [1.807, 2.05) is 24.5 Å². The summed E-state index contributed by atoms with van der Waals surface area (Å²) < 4.78 is 182. The van der Waals surface area contributed by atoms with E-state index in [-0.39, 0.29) is 0 Å². The minimum Gasteiger partial charge on any atom is -0.484 e. The topological polar surface area (TPSA) is 43.5 Å². The predicted octanol–water partition coefficient (Wildman–Crippen LogP) is 7.82. The average molecular weight is 615 g/mol. The van der Waals surface area contributed by atoms with Gasteiger partial charge in [0.15, 0.2) is 52.2 Å². The maximum absolute atomic E-state index is 14.3. The van der Waals surface area contributed by atoms with E-state index in [2.05, 4.69) is 18.9 Å². The van der Waals surface area contributed by atoms with Crippen LogP contribution in [0.4, 0.5) is 52.7 Å². The highest BCUT2D eigenvalue weighted by Gasteiger charge is 2.41. The molecule has 0 atom stereocenters. The summed E-state index contributed by atoms with van der Waals surface area (Å²) in [4.78, 5) is 2.86. The molecule has 4 aromatic rings. The molecule has 0 aliphatic heterocycles. The molecule has 0 unspecified atom stereocenters. The maximum Gasteiger partial charge on any atom is 0.864 e. The fourth-order valence-corrected chi connectivity index (χ4v) is 3.11. The van der Waals surface area contributed by atoms with Gasteiger partial charge in [-0.2, -0.15) is 26.3 Å². The number of aromatic amines is 1. The van der Waals surface area contributed by atoms with E-state index in [1.54, 1.807) is 0 Å². The second kappa shape index (κ2) is 12.6. The molecule has 0 amide bonds. The smallest absolute Gasteiger partial charge is 0.484 e. The van der Waals surface area contributed by atoms with E-state index in [0.717, 1.165) is 0 Å². The van der Waals surface area contributed by atoms with Gasteiger partial charge in [0.25, 0.3) is 0 Å². The van der Waals surface area contributed by atoms with Crippen LogP contribution in [0.25, 0.3) is 0 Å². The van der Waals surface area contributed by atoms with E-state index in [4.69, 9.17) is 0 Å². The van der Waals surface area contributed by atoms with Gasteiger partial charge in [0.2, 0.25) is 34.9 Å². The van der Waals surface area contributed by atoms with Gasteiger partial charge in [0, 0.05) is 29.1 Å². The Balaban J connectivity index is 0.000000873. The Bertz CT molecular complexity index is 1360. The minimum atomic E-state index is -3.39. The molecular formula is C25H14BF12NO3. The van der Waals surface area contributed by atoms with Crippen LogP contribution >= 0.6 is 0 Å². The molecule has 0 saturated carbocycles. The zero-order valence-electron chi connectivity index (χ0n) is 21.1. The number of rotatable bonds is 6. The number of halogens is 12. The molecule has 224 valence electrons. The van der Waals surface area contributed by atoms with Gasteiger partial charge in [0.1, 0.15) is 0 Å². The Morgan fingerprint density at radius 3 is 0.786 bits per heavy atom. The first-order chi connectivity index (χ1) is 19.6. The standard InChI is InChI=1S/C21H9BF12O3.C4H5N/c1-4-7(23)13(29)19(14(30)8(4)24)35-22(36-20-15(31)9(25)5(2)10(26)16(20)32)37-21-17(33)11(27)6(3)12(28)18(21)34;1-2-4-5-3-1/h1-3H3;1-5H. The summed E-state index contributed by atoms with van der Waals surface area (Å²) in [6, 6.07) is 3.89. The van der Waals surface area contributed by atoms with Crippen LogP contribution in [0, 0.1) is 90.6 Å². The van der Waals surface area contributed by atoms with Gasteiger partial charge in [-0.05, 0) is 32.9 Å². The first-order valence-electron chi connectivity index (χ1n) is 11.2. The van der Waals surface area contributed by atoms with E-state index in [9.17, 15) is 52.7 Å². The average Bonchev–Trinajstić information content (AvgIpc) is 3.57. The summed E-state index contributed by atoms with van der Waals surface area (Å²) in [6.07, 6.45) is 3.75. The monoisotopic (exact) mass is 615 g/mol. The van der Waals surface area contributed by atoms with Gasteiger partial charge < -0.3 is 18.9 Å². The molecule has 1 aromatic heterocycles. The fourth-order valence-electron chi connectivity index (χ4n) is 3.11. The van der Waals surface area contributed by atoms with Gasteiger partial charge in [-0.1, -0.05) is 0 Å². The summed E-state index contributed by atoms with van der Waals surface area (Å²) >= 11 is 0. The largest absolute Gasteiger partial charge is 0.864 e. The van der Waals surface area contributed by atoms with E-state index < -0.39 is 111 Å². The molecule has 0 aliphatic carbocycles. The minimum absolute atomic E-state index is 0.580. The van der Waals surface area contributed by atoms with Crippen LogP contribution in [0.3, 0.4) is 0 Å². The molecule has 0 fully saturated rings. The normalized spacial score (nSPS) is 10.7. The third-order valence-corrected chi connectivity index (χ3v) is 5.47. The summed E-state index contributed by atoms with van der Waals surface area (Å²) in [5.41, 5.74) is -3.67. The van der Waals surface area contributed by atoms with E-state index in [0.29, 0.717) is 20.8 Å². The number of aromatic nitrogens is 1. The molecule has 0 spiro atoms. The van der Waals surface area contributed by atoms with Gasteiger partial charge in [-0.15, -0.1) is 0 Å². The molecule has 4 rings (SSSR count). The van der Waals surface area contributed by atoms with Crippen molar-refractivity contribution in [3.63, 3.8) is 0 Å². The summed E-state index contributed by atoms with van der Waals surface area (Å²) in [5, 5.41) is 0. The number of hydrogen-bond donors (Lipinski definition) is 1. The Morgan fingerprint density at radius 2 is 0.619 bits per heavy atom. The van der Waals surface area contributed by atoms with Crippen LogP contribution in [-0.2, 0) is 0 Å². The number of H-pyrrole nitrogens is 1. The fraction of sp³-hybridized carbons (Fsp3) is 0.120. The molecule has 42 heavy (non-hydrogen) atoms.